The lowest BCUT2D eigenvalue weighted by Gasteiger charge is -2.13. The van der Waals surface area contributed by atoms with Gasteiger partial charge in [-0.3, -0.25) is 4.79 Å². The molecule has 2 nitrogen and oxygen atoms in total. The lowest BCUT2D eigenvalue weighted by molar-refractivity contribution is 0.112. The molecular weight excluding hydrogens is 248 g/mol. The fourth-order valence-electron chi connectivity index (χ4n) is 1.87. The van der Waals surface area contributed by atoms with Gasteiger partial charge >= 0.3 is 0 Å². The van der Waals surface area contributed by atoms with E-state index in [0.717, 1.165) is 17.4 Å². The maximum atomic E-state index is 11.2. The molecule has 0 aliphatic carbocycles. The number of rotatable bonds is 4. The second-order valence-corrected chi connectivity index (χ2v) is 4.16. The van der Waals surface area contributed by atoms with Crippen LogP contribution in [-0.4, -0.2) is 12.9 Å². The van der Waals surface area contributed by atoms with Crippen LogP contribution in [0.4, 0.5) is 0 Å². The summed E-state index contributed by atoms with van der Waals surface area (Å²) in [7, 11) is 0. The first-order chi connectivity index (χ1) is 8.77. The van der Waals surface area contributed by atoms with Crippen molar-refractivity contribution in [2.24, 2.45) is 0 Å². The van der Waals surface area contributed by atoms with Crippen molar-refractivity contribution in [3.8, 4) is 16.9 Å². The first kappa shape index (κ1) is 12.7. The van der Waals surface area contributed by atoms with Gasteiger partial charge in [0.2, 0.25) is 0 Å². The molecule has 0 radical (unpaired) electrons. The van der Waals surface area contributed by atoms with Crippen molar-refractivity contribution in [2.45, 2.75) is 6.92 Å². The molecule has 0 bridgehead atoms. The Hall–Kier alpha value is -1.80. The number of carbonyl (C=O) groups is 1. The van der Waals surface area contributed by atoms with Gasteiger partial charge in [0.15, 0.2) is 6.29 Å². The van der Waals surface area contributed by atoms with Gasteiger partial charge in [-0.1, -0.05) is 41.9 Å². The van der Waals surface area contributed by atoms with Gasteiger partial charge in [0, 0.05) is 21.7 Å². The molecule has 2 aromatic carbocycles. The molecule has 2 rings (SSSR count). The Kier molecular flexibility index (Phi) is 4.00. The average Bonchev–Trinajstić information content (AvgIpc) is 2.40. The highest BCUT2D eigenvalue weighted by Gasteiger charge is 2.13. The van der Waals surface area contributed by atoms with E-state index in [1.54, 1.807) is 18.2 Å². The van der Waals surface area contributed by atoms with E-state index in [1.165, 1.54) is 0 Å². The summed E-state index contributed by atoms with van der Waals surface area (Å²) in [6.45, 7) is 2.45. The molecule has 0 atom stereocenters. The van der Waals surface area contributed by atoms with Crippen molar-refractivity contribution in [1.82, 2.24) is 0 Å². The summed E-state index contributed by atoms with van der Waals surface area (Å²) in [4.78, 5) is 11.2. The Morgan fingerprint density at radius 3 is 2.61 bits per heavy atom. The van der Waals surface area contributed by atoms with E-state index >= 15 is 0 Å². The molecule has 0 fully saturated rings. The van der Waals surface area contributed by atoms with Crippen LogP contribution >= 0.6 is 11.6 Å². The second kappa shape index (κ2) is 5.69. The van der Waals surface area contributed by atoms with Crippen LogP contribution in [0, 0.1) is 0 Å². The molecule has 0 saturated heterocycles. The van der Waals surface area contributed by atoms with Gasteiger partial charge in [0.1, 0.15) is 5.75 Å². The Bertz CT molecular complexity index is 564. The highest BCUT2D eigenvalue weighted by atomic mass is 35.5. The summed E-state index contributed by atoms with van der Waals surface area (Å²) in [5.74, 6) is 0.676. The lowest BCUT2D eigenvalue weighted by Crippen LogP contribution is -1.97. The smallest absolute Gasteiger partial charge is 0.150 e. The van der Waals surface area contributed by atoms with E-state index in [9.17, 15) is 4.79 Å². The SMILES string of the molecule is CCOc1cccc(C=O)c1-c1ccccc1Cl. The molecule has 3 heteroatoms. The zero-order valence-electron chi connectivity index (χ0n) is 10.0. The Labute approximate surface area is 111 Å². The molecule has 92 valence electrons. The average molecular weight is 261 g/mol. The van der Waals surface area contributed by atoms with Gasteiger partial charge in [-0.2, -0.15) is 0 Å². The highest BCUT2D eigenvalue weighted by Crippen LogP contribution is 2.36. The molecule has 18 heavy (non-hydrogen) atoms. The number of ether oxygens (including phenoxy) is 1. The van der Waals surface area contributed by atoms with Crippen LogP contribution < -0.4 is 4.74 Å². The molecule has 0 aliphatic heterocycles. The summed E-state index contributed by atoms with van der Waals surface area (Å²) in [6.07, 6.45) is 0.821. The van der Waals surface area contributed by atoms with Crippen LogP contribution in [0.3, 0.4) is 0 Å². The fraction of sp³-hybridized carbons (Fsp3) is 0.133. The van der Waals surface area contributed by atoms with E-state index in [1.807, 2.05) is 31.2 Å². The van der Waals surface area contributed by atoms with Gasteiger partial charge < -0.3 is 4.74 Å². The minimum Gasteiger partial charge on any atom is -0.493 e. The van der Waals surface area contributed by atoms with Crippen molar-refractivity contribution < 1.29 is 9.53 Å². The van der Waals surface area contributed by atoms with Gasteiger partial charge in [-0.15, -0.1) is 0 Å². The van der Waals surface area contributed by atoms with Crippen molar-refractivity contribution >= 4 is 17.9 Å². The minimum atomic E-state index is 0.541. The number of hydrogen-bond donors (Lipinski definition) is 0. The topological polar surface area (TPSA) is 26.3 Å². The first-order valence-corrected chi connectivity index (χ1v) is 6.11. The number of carbonyl (C=O) groups excluding carboxylic acids is 1. The number of hydrogen-bond acceptors (Lipinski definition) is 2. The number of aldehydes is 1. The molecule has 2 aromatic rings. The third kappa shape index (κ3) is 2.39. The first-order valence-electron chi connectivity index (χ1n) is 5.73. The standard InChI is InChI=1S/C15H13ClO2/c1-2-18-14-9-5-6-11(10-17)15(14)12-7-3-4-8-13(12)16/h3-10H,2H2,1H3. The molecule has 0 unspecified atom stereocenters. The van der Waals surface area contributed by atoms with Crippen LogP contribution in [-0.2, 0) is 0 Å². The predicted molar refractivity (Wildman–Crippen MR) is 73.4 cm³/mol. The van der Waals surface area contributed by atoms with Crippen LogP contribution in [0.25, 0.3) is 11.1 Å². The zero-order chi connectivity index (χ0) is 13.0. The van der Waals surface area contributed by atoms with E-state index in [4.69, 9.17) is 16.3 Å². The molecule has 0 aliphatic rings. The predicted octanol–water partition coefficient (Wildman–Crippen LogP) is 4.22. The summed E-state index contributed by atoms with van der Waals surface area (Å²) in [5, 5.41) is 0.604. The number of benzene rings is 2. The van der Waals surface area contributed by atoms with E-state index in [2.05, 4.69) is 0 Å². The lowest BCUT2D eigenvalue weighted by atomic mass is 9.99. The van der Waals surface area contributed by atoms with Gasteiger partial charge in [0.25, 0.3) is 0 Å². The second-order valence-electron chi connectivity index (χ2n) is 3.75. The maximum Gasteiger partial charge on any atom is 0.150 e. The van der Waals surface area contributed by atoms with Crippen molar-refractivity contribution in [2.75, 3.05) is 6.61 Å². The van der Waals surface area contributed by atoms with Crippen LogP contribution in [0.1, 0.15) is 17.3 Å². The molecule has 0 N–H and O–H groups in total. The molecule has 0 aromatic heterocycles. The van der Waals surface area contributed by atoms with Crippen molar-refractivity contribution in [3.05, 3.63) is 53.1 Å². The summed E-state index contributed by atoms with van der Waals surface area (Å²) in [5.41, 5.74) is 2.14. The summed E-state index contributed by atoms with van der Waals surface area (Å²) in [6, 6.07) is 12.8. The van der Waals surface area contributed by atoms with Crippen LogP contribution in [0.15, 0.2) is 42.5 Å². The van der Waals surface area contributed by atoms with Gasteiger partial charge in [0.05, 0.1) is 6.61 Å². The molecule has 0 spiro atoms. The van der Waals surface area contributed by atoms with Crippen LogP contribution in [0.5, 0.6) is 5.75 Å². The minimum absolute atomic E-state index is 0.541. The molecule has 0 saturated carbocycles. The van der Waals surface area contributed by atoms with Gasteiger partial charge in [-0.25, -0.2) is 0 Å². The summed E-state index contributed by atoms with van der Waals surface area (Å²) >= 11 is 6.19. The molecular formula is C15H13ClO2. The quantitative estimate of drug-likeness (QED) is 0.770. The molecule has 0 heterocycles. The third-order valence-electron chi connectivity index (χ3n) is 2.63. The number of halogens is 1. The van der Waals surface area contributed by atoms with Gasteiger partial charge in [-0.05, 0) is 19.1 Å². The molecule has 0 amide bonds. The monoisotopic (exact) mass is 260 g/mol. The van der Waals surface area contributed by atoms with E-state index in [-0.39, 0.29) is 0 Å². The van der Waals surface area contributed by atoms with Crippen molar-refractivity contribution in [1.29, 1.82) is 0 Å². The van der Waals surface area contributed by atoms with Crippen molar-refractivity contribution in [3.63, 3.8) is 0 Å². The Balaban J connectivity index is 2.67. The van der Waals surface area contributed by atoms with Crippen LogP contribution in [0.2, 0.25) is 5.02 Å². The Morgan fingerprint density at radius 2 is 1.94 bits per heavy atom. The van der Waals surface area contributed by atoms with E-state index in [0.29, 0.717) is 22.9 Å². The summed E-state index contributed by atoms with van der Waals surface area (Å²) < 4.78 is 5.57. The normalized spacial score (nSPS) is 10.1. The largest absolute Gasteiger partial charge is 0.493 e. The third-order valence-corrected chi connectivity index (χ3v) is 2.96. The fourth-order valence-corrected chi connectivity index (χ4v) is 2.10. The maximum absolute atomic E-state index is 11.2. The zero-order valence-corrected chi connectivity index (χ0v) is 10.8. The Morgan fingerprint density at radius 1 is 1.17 bits per heavy atom. The highest BCUT2D eigenvalue weighted by molar-refractivity contribution is 6.33. The van der Waals surface area contributed by atoms with E-state index < -0.39 is 0 Å².